The molecule has 7 heteroatoms. The van der Waals surface area contributed by atoms with Crippen LogP contribution in [-0.4, -0.2) is 35.7 Å². The maximum Gasteiger partial charge on any atom is 0.322 e. The van der Waals surface area contributed by atoms with E-state index < -0.39 is 0 Å². The van der Waals surface area contributed by atoms with E-state index in [0.29, 0.717) is 18.5 Å². The highest BCUT2D eigenvalue weighted by molar-refractivity contribution is 5.55. The Balaban J connectivity index is 2.10. The van der Waals surface area contributed by atoms with Gasteiger partial charge in [-0.2, -0.15) is 15.0 Å². The minimum atomic E-state index is 0.250. The summed E-state index contributed by atoms with van der Waals surface area (Å²) in [4.78, 5) is 12.4. The summed E-state index contributed by atoms with van der Waals surface area (Å²) in [5.41, 5.74) is 0.856. The Bertz CT molecular complexity index is 552. The minimum absolute atomic E-state index is 0.250. The molecule has 2 N–H and O–H groups in total. The monoisotopic (exact) mass is 289 g/mol. The van der Waals surface area contributed by atoms with Gasteiger partial charge in [0.05, 0.1) is 13.7 Å². The number of ether oxygens (including phenoxy) is 2. The third kappa shape index (κ3) is 4.20. The first-order valence-corrected chi connectivity index (χ1v) is 6.73. The predicted octanol–water partition coefficient (Wildman–Crippen LogP) is 2.45. The van der Waals surface area contributed by atoms with E-state index in [1.807, 2.05) is 24.3 Å². The first-order valence-electron chi connectivity index (χ1n) is 6.73. The second-order valence-electron chi connectivity index (χ2n) is 4.22. The molecule has 0 saturated heterocycles. The number of nitrogens with zero attached hydrogens (tertiary/aromatic N) is 3. The van der Waals surface area contributed by atoms with E-state index >= 15 is 0 Å². The van der Waals surface area contributed by atoms with Crippen LogP contribution >= 0.6 is 0 Å². The van der Waals surface area contributed by atoms with Crippen molar-refractivity contribution in [2.24, 2.45) is 0 Å². The lowest BCUT2D eigenvalue weighted by molar-refractivity contribution is 0.317. The van der Waals surface area contributed by atoms with Gasteiger partial charge < -0.3 is 20.1 Å². The van der Waals surface area contributed by atoms with Gasteiger partial charge in [0.15, 0.2) is 0 Å². The standard InChI is InChI=1S/C14H19N5O2/c1-4-9-21-11-7-5-10(6-8-11)16-13-17-12(15-2)18-14(19-13)20-3/h5-8H,4,9H2,1-3H3,(H2,15,16,17,18,19). The normalized spacial score (nSPS) is 10.0. The zero-order chi connectivity index (χ0) is 15.1. The Morgan fingerprint density at radius 1 is 1.05 bits per heavy atom. The van der Waals surface area contributed by atoms with Crippen LogP contribution in [0.25, 0.3) is 0 Å². The van der Waals surface area contributed by atoms with Crippen LogP contribution in [0.1, 0.15) is 13.3 Å². The Kier molecular flexibility index (Phi) is 5.14. The van der Waals surface area contributed by atoms with Crippen LogP contribution in [-0.2, 0) is 0 Å². The molecule has 0 aliphatic carbocycles. The van der Waals surface area contributed by atoms with E-state index in [0.717, 1.165) is 17.9 Å². The quantitative estimate of drug-likeness (QED) is 0.810. The molecular weight excluding hydrogens is 270 g/mol. The van der Waals surface area contributed by atoms with Crippen molar-refractivity contribution in [2.75, 3.05) is 31.4 Å². The summed E-state index contributed by atoms with van der Waals surface area (Å²) >= 11 is 0. The van der Waals surface area contributed by atoms with Crippen LogP contribution in [0, 0.1) is 0 Å². The largest absolute Gasteiger partial charge is 0.494 e. The molecule has 0 saturated carbocycles. The van der Waals surface area contributed by atoms with Gasteiger partial charge in [-0.1, -0.05) is 6.92 Å². The number of benzene rings is 1. The maximum absolute atomic E-state index is 5.53. The van der Waals surface area contributed by atoms with E-state index in [1.54, 1.807) is 7.05 Å². The number of nitrogens with one attached hydrogen (secondary N) is 2. The number of hydrogen-bond donors (Lipinski definition) is 2. The highest BCUT2D eigenvalue weighted by atomic mass is 16.5. The van der Waals surface area contributed by atoms with Crippen LogP contribution in [0.3, 0.4) is 0 Å². The van der Waals surface area contributed by atoms with E-state index in [9.17, 15) is 0 Å². The van der Waals surface area contributed by atoms with Crippen LogP contribution in [0.2, 0.25) is 0 Å². The third-order valence-corrected chi connectivity index (χ3v) is 2.60. The Morgan fingerprint density at radius 2 is 1.76 bits per heavy atom. The highest BCUT2D eigenvalue weighted by Gasteiger charge is 2.06. The van der Waals surface area contributed by atoms with E-state index in [-0.39, 0.29) is 6.01 Å². The van der Waals surface area contributed by atoms with Crippen LogP contribution in [0.4, 0.5) is 17.6 Å². The summed E-state index contributed by atoms with van der Waals surface area (Å²) in [5, 5.41) is 5.96. The summed E-state index contributed by atoms with van der Waals surface area (Å²) in [7, 11) is 3.25. The molecule has 0 aliphatic rings. The first kappa shape index (κ1) is 14.8. The average molecular weight is 289 g/mol. The van der Waals surface area contributed by atoms with Gasteiger partial charge in [0.2, 0.25) is 11.9 Å². The average Bonchev–Trinajstić information content (AvgIpc) is 2.53. The fourth-order valence-corrected chi connectivity index (χ4v) is 1.60. The number of aromatic nitrogens is 3. The summed E-state index contributed by atoms with van der Waals surface area (Å²) in [6, 6.07) is 7.85. The Hall–Kier alpha value is -2.57. The lowest BCUT2D eigenvalue weighted by Gasteiger charge is -2.09. The molecule has 0 aliphatic heterocycles. The van der Waals surface area contributed by atoms with Gasteiger partial charge >= 0.3 is 6.01 Å². The van der Waals surface area contributed by atoms with Crippen molar-refractivity contribution in [1.29, 1.82) is 0 Å². The molecule has 0 radical (unpaired) electrons. The summed E-state index contributed by atoms with van der Waals surface area (Å²) in [6.45, 7) is 2.78. The Labute approximate surface area is 123 Å². The molecule has 1 heterocycles. The van der Waals surface area contributed by atoms with Gasteiger partial charge in [0.1, 0.15) is 5.75 Å². The summed E-state index contributed by atoms with van der Waals surface area (Å²) in [6.07, 6.45) is 0.984. The molecule has 0 atom stereocenters. The summed E-state index contributed by atoms with van der Waals surface area (Å²) < 4.78 is 10.6. The molecule has 0 unspecified atom stereocenters. The van der Waals surface area contributed by atoms with Crippen molar-refractivity contribution < 1.29 is 9.47 Å². The van der Waals surface area contributed by atoms with Crippen molar-refractivity contribution >= 4 is 17.6 Å². The Morgan fingerprint density at radius 3 is 2.38 bits per heavy atom. The van der Waals surface area contributed by atoms with Crippen LogP contribution < -0.4 is 20.1 Å². The molecule has 7 nitrogen and oxygen atoms in total. The second-order valence-corrected chi connectivity index (χ2v) is 4.22. The van der Waals surface area contributed by atoms with E-state index in [1.165, 1.54) is 7.11 Å². The van der Waals surface area contributed by atoms with Gasteiger partial charge in [0.25, 0.3) is 0 Å². The smallest absolute Gasteiger partial charge is 0.322 e. The van der Waals surface area contributed by atoms with Crippen molar-refractivity contribution in [2.45, 2.75) is 13.3 Å². The van der Waals surface area contributed by atoms with Gasteiger partial charge in [-0.15, -0.1) is 0 Å². The number of methoxy groups -OCH3 is 1. The lowest BCUT2D eigenvalue weighted by Crippen LogP contribution is -2.05. The number of anilines is 3. The molecule has 2 rings (SSSR count). The minimum Gasteiger partial charge on any atom is -0.494 e. The zero-order valence-corrected chi connectivity index (χ0v) is 12.4. The van der Waals surface area contributed by atoms with E-state index in [4.69, 9.17) is 9.47 Å². The molecule has 21 heavy (non-hydrogen) atoms. The first-order chi connectivity index (χ1) is 10.2. The highest BCUT2D eigenvalue weighted by Crippen LogP contribution is 2.19. The van der Waals surface area contributed by atoms with Crippen molar-refractivity contribution in [3.05, 3.63) is 24.3 Å². The second kappa shape index (κ2) is 7.28. The van der Waals surface area contributed by atoms with Gasteiger partial charge in [-0.25, -0.2) is 0 Å². The zero-order valence-electron chi connectivity index (χ0n) is 12.4. The lowest BCUT2D eigenvalue weighted by atomic mass is 10.3. The molecular formula is C14H19N5O2. The van der Waals surface area contributed by atoms with Gasteiger partial charge in [-0.05, 0) is 30.7 Å². The molecule has 112 valence electrons. The van der Waals surface area contributed by atoms with Crippen LogP contribution in [0.15, 0.2) is 24.3 Å². The fraction of sp³-hybridized carbons (Fsp3) is 0.357. The molecule has 0 amide bonds. The number of rotatable bonds is 7. The maximum atomic E-state index is 5.53. The van der Waals surface area contributed by atoms with Gasteiger partial charge in [0, 0.05) is 12.7 Å². The molecule has 1 aromatic carbocycles. The molecule has 0 spiro atoms. The van der Waals surface area contributed by atoms with Crippen molar-refractivity contribution in [1.82, 2.24) is 15.0 Å². The van der Waals surface area contributed by atoms with E-state index in [2.05, 4.69) is 32.5 Å². The third-order valence-electron chi connectivity index (χ3n) is 2.60. The van der Waals surface area contributed by atoms with Crippen LogP contribution in [0.5, 0.6) is 11.8 Å². The molecule has 2 aromatic rings. The van der Waals surface area contributed by atoms with Gasteiger partial charge in [-0.3, -0.25) is 0 Å². The fourth-order valence-electron chi connectivity index (χ4n) is 1.60. The molecule has 1 aromatic heterocycles. The predicted molar refractivity (Wildman–Crippen MR) is 81.4 cm³/mol. The molecule has 0 bridgehead atoms. The topological polar surface area (TPSA) is 81.2 Å². The molecule has 0 fully saturated rings. The SMILES string of the molecule is CCCOc1ccc(Nc2nc(NC)nc(OC)n2)cc1. The van der Waals surface area contributed by atoms with Crippen molar-refractivity contribution in [3.8, 4) is 11.8 Å². The number of hydrogen-bond acceptors (Lipinski definition) is 7. The van der Waals surface area contributed by atoms with Crippen molar-refractivity contribution in [3.63, 3.8) is 0 Å². The summed E-state index contributed by atoms with van der Waals surface area (Å²) in [5.74, 6) is 1.69.